The summed E-state index contributed by atoms with van der Waals surface area (Å²) in [7, 11) is 0. The maximum absolute atomic E-state index is 12.2. The lowest BCUT2D eigenvalue weighted by Gasteiger charge is -2.19. The SMILES string of the molecule is O=C(Nc1nnns1)c1cccc2c1CCNC2. The van der Waals surface area contributed by atoms with Crippen molar-refractivity contribution in [1.29, 1.82) is 0 Å². The van der Waals surface area contributed by atoms with Gasteiger partial charge in [0.15, 0.2) is 0 Å². The van der Waals surface area contributed by atoms with Crippen LogP contribution in [0.2, 0.25) is 0 Å². The molecule has 1 amide bonds. The molecule has 92 valence electrons. The van der Waals surface area contributed by atoms with E-state index in [1.54, 1.807) is 0 Å². The third kappa shape index (κ3) is 2.09. The summed E-state index contributed by atoms with van der Waals surface area (Å²) in [4.78, 5) is 12.2. The molecule has 18 heavy (non-hydrogen) atoms. The first-order chi connectivity index (χ1) is 8.84. The zero-order chi connectivity index (χ0) is 12.4. The van der Waals surface area contributed by atoms with Gasteiger partial charge in [-0.1, -0.05) is 21.7 Å². The molecule has 0 unspecified atom stereocenters. The van der Waals surface area contributed by atoms with E-state index in [0.29, 0.717) is 10.7 Å². The summed E-state index contributed by atoms with van der Waals surface area (Å²) in [5.41, 5.74) is 3.01. The van der Waals surface area contributed by atoms with Gasteiger partial charge in [-0.2, -0.15) is 0 Å². The lowest BCUT2D eigenvalue weighted by Crippen LogP contribution is -2.26. The Kier molecular flexibility index (Phi) is 2.99. The number of hydrogen-bond donors (Lipinski definition) is 2. The van der Waals surface area contributed by atoms with E-state index in [1.165, 1.54) is 5.56 Å². The highest BCUT2D eigenvalue weighted by Gasteiger charge is 2.17. The molecule has 2 N–H and O–H groups in total. The van der Waals surface area contributed by atoms with Crippen LogP contribution in [0.3, 0.4) is 0 Å². The fourth-order valence-corrected chi connectivity index (χ4v) is 2.45. The van der Waals surface area contributed by atoms with Crippen molar-refractivity contribution in [2.24, 2.45) is 0 Å². The van der Waals surface area contributed by atoms with Gasteiger partial charge >= 0.3 is 0 Å². The van der Waals surface area contributed by atoms with Gasteiger partial charge in [-0.05, 0) is 35.4 Å². The summed E-state index contributed by atoms with van der Waals surface area (Å²) in [5.74, 6) is -0.146. The summed E-state index contributed by atoms with van der Waals surface area (Å²) in [5, 5.41) is 13.6. The van der Waals surface area contributed by atoms with E-state index < -0.39 is 0 Å². The van der Waals surface area contributed by atoms with Gasteiger partial charge in [0.1, 0.15) is 0 Å². The minimum Gasteiger partial charge on any atom is -0.312 e. The fourth-order valence-electron chi connectivity index (χ4n) is 2.09. The standard InChI is InChI=1S/C11H11N5OS/c17-10(13-11-14-15-16-18-11)9-3-1-2-7-6-12-5-4-8(7)9/h1-3,12H,4-6H2,(H,13,14,16,17). The average Bonchev–Trinajstić information content (AvgIpc) is 2.91. The normalized spacial score (nSPS) is 14.0. The van der Waals surface area contributed by atoms with Gasteiger partial charge in [-0.3, -0.25) is 10.1 Å². The number of carbonyl (C=O) groups excluding carboxylic acids is 1. The molecule has 0 atom stereocenters. The number of fused-ring (bicyclic) bond motifs is 1. The molecule has 0 saturated heterocycles. The predicted molar refractivity (Wildman–Crippen MR) is 67.5 cm³/mol. The van der Waals surface area contributed by atoms with Crippen molar-refractivity contribution >= 4 is 22.6 Å². The molecule has 0 radical (unpaired) electrons. The highest BCUT2D eigenvalue weighted by Crippen LogP contribution is 2.20. The highest BCUT2D eigenvalue weighted by atomic mass is 32.1. The Morgan fingerprint density at radius 3 is 3.22 bits per heavy atom. The van der Waals surface area contributed by atoms with Crippen LogP contribution >= 0.6 is 11.5 Å². The number of benzene rings is 1. The summed E-state index contributed by atoms with van der Waals surface area (Å²) < 4.78 is 3.61. The smallest absolute Gasteiger partial charge is 0.257 e. The number of rotatable bonds is 2. The molecule has 1 aromatic heterocycles. The molecule has 1 aromatic carbocycles. The second-order valence-electron chi connectivity index (χ2n) is 3.99. The molecular weight excluding hydrogens is 250 g/mol. The van der Waals surface area contributed by atoms with E-state index in [1.807, 2.05) is 18.2 Å². The second-order valence-corrected chi connectivity index (χ2v) is 4.72. The van der Waals surface area contributed by atoms with E-state index >= 15 is 0 Å². The number of amides is 1. The maximum Gasteiger partial charge on any atom is 0.257 e. The predicted octanol–water partition coefficient (Wildman–Crippen LogP) is 0.831. The first-order valence-electron chi connectivity index (χ1n) is 5.62. The number of aromatic nitrogens is 3. The number of nitrogens with zero attached hydrogens (tertiary/aromatic N) is 3. The molecule has 2 heterocycles. The van der Waals surface area contributed by atoms with Crippen LogP contribution in [0, 0.1) is 0 Å². The Morgan fingerprint density at radius 2 is 2.39 bits per heavy atom. The van der Waals surface area contributed by atoms with Gasteiger partial charge in [0, 0.05) is 23.6 Å². The van der Waals surface area contributed by atoms with Crippen LogP contribution in [-0.2, 0) is 13.0 Å². The van der Waals surface area contributed by atoms with E-state index in [4.69, 9.17) is 0 Å². The second kappa shape index (κ2) is 4.79. The van der Waals surface area contributed by atoms with Gasteiger partial charge < -0.3 is 5.32 Å². The lowest BCUT2D eigenvalue weighted by molar-refractivity contribution is 0.102. The van der Waals surface area contributed by atoms with Crippen molar-refractivity contribution in [2.75, 3.05) is 11.9 Å². The number of anilines is 1. The minimum absolute atomic E-state index is 0.146. The zero-order valence-corrected chi connectivity index (χ0v) is 10.3. The molecule has 0 bridgehead atoms. The monoisotopic (exact) mass is 261 g/mol. The quantitative estimate of drug-likeness (QED) is 0.837. The molecule has 0 saturated carbocycles. The van der Waals surface area contributed by atoms with Gasteiger partial charge in [0.2, 0.25) is 5.13 Å². The Hall–Kier alpha value is -1.86. The number of hydrogen-bond acceptors (Lipinski definition) is 6. The van der Waals surface area contributed by atoms with E-state index in [2.05, 4.69) is 25.4 Å². The van der Waals surface area contributed by atoms with Gasteiger partial charge in [0.25, 0.3) is 5.91 Å². The molecule has 0 aliphatic carbocycles. The van der Waals surface area contributed by atoms with Gasteiger partial charge in [-0.15, -0.1) is 0 Å². The average molecular weight is 261 g/mol. The van der Waals surface area contributed by atoms with Crippen molar-refractivity contribution in [2.45, 2.75) is 13.0 Å². The molecular formula is C11H11N5OS. The Labute approximate surface area is 108 Å². The summed E-state index contributed by atoms with van der Waals surface area (Å²) >= 11 is 1.07. The van der Waals surface area contributed by atoms with Crippen LogP contribution in [0.1, 0.15) is 21.5 Å². The number of carbonyl (C=O) groups is 1. The lowest BCUT2D eigenvalue weighted by atomic mass is 9.95. The topological polar surface area (TPSA) is 79.8 Å². The summed E-state index contributed by atoms with van der Waals surface area (Å²) in [6, 6.07) is 5.79. The first kappa shape index (κ1) is 11.2. The van der Waals surface area contributed by atoms with Crippen molar-refractivity contribution in [3.05, 3.63) is 34.9 Å². The zero-order valence-electron chi connectivity index (χ0n) is 9.51. The molecule has 1 aliphatic rings. The third-order valence-corrected chi connectivity index (χ3v) is 3.42. The van der Waals surface area contributed by atoms with Crippen molar-refractivity contribution in [1.82, 2.24) is 20.1 Å². The molecule has 6 nitrogen and oxygen atoms in total. The molecule has 2 aromatic rings. The van der Waals surface area contributed by atoms with Crippen LogP contribution in [-0.4, -0.2) is 27.3 Å². The Bertz CT molecular complexity index is 569. The summed E-state index contributed by atoms with van der Waals surface area (Å²) in [6.45, 7) is 1.72. The highest BCUT2D eigenvalue weighted by molar-refractivity contribution is 7.09. The maximum atomic E-state index is 12.2. The van der Waals surface area contributed by atoms with Crippen molar-refractivity contribution in [3.63, 3.8) is 0 Å². The molecule has 7 heteroatoms. The first-order valence-corrected chi connectivity index (χ1v) is 6.40. The van der Waals surface area contributed by atoms with E-state index in [9.17, 15) is 4.79 Å². The molecule has 0 fully saturated rings. The van der Waals surface area contributed by atoms with E-state index in [-0.39, 0.29) is 5.91 Å². The molecule has 1 aliphatic heterocycles. The van der Waals surface area contributed by atoms with Crippen LogP contribution in [0.5, 0.6) is 0 Å². The largest absolute Gasteiger partial charge is 0.312 e. The molecule has 3 rings (SSSR count). The van der Waals surface area contributed by atoms with E-state index in [0.717, 1.165) is 36.6 Å². The van der Waals surface area contributed by atoms with Crippen molar-refractivity contribution < 1.29 is 4.79 Å². The third-order valence-electron chi connectivity index (χ3n) is 2.90. The Morgan fingerprint density at radius 1 is 1.44 bits per heavy atom. The minimum atomic E-state index is -0.146. The van der Waals surface area contributed by atoms with Gasteiger partial charge in [0.05, 0.1) is 0 Å². The molecule has 0 spiro atoms. The van der Waals surface area contributed by atoms with Crippen LogP contribution in [0.15, 0.2) is 18.2 Å². The van der Waals surface area contributed by atoms with Crippen LogP contribution < -0.4 is 10.6 Å². The van der Waals surface area contributed by atoms with Crippen LogP contribution in [0.4, 0.5) is 5.13 Å². The summed E-state index contributed by atoms with van der Waals surface area (Å²) in [6.07, 6.45) is 0.868. The van der Waals surface area contributed by atoms with Crippen molar-refractivity contribution in [3.8, 4) is 0 Å². The Balaban J connectivity index is 1.89. The fraction of sp³-hybridized carbons (Fsp3) is 0.273. The van der Waals surface area contributed by atoms with Crippen LogP contribution in [0.25, 0.3) is 0 Å². The van der Waals surface area contributed by atoms with Gasteiger partial charge in [-0.25, -0.2) is 0 Å². The number of nitrogens with one attached hydrogen (secondary N) is 2.